The van der Waals surface area contributed by atoms with Crippen molar-refractivity contribution < 1.29 is 38.1 Å². The molecule has 0 amide bonds. The van der Waals surface area contributed by atoms with Crippen molar-refractivity contribution in [3.8, 4) is 0 Å². The van der Waals surface area contributed by atoms with Crippen LogP contribution in [0, 0.1) is 0 Å². The van der Waals surface area contributed by atoms with Gasteiger partial charge in [0.15, 0.2) is 6.10 Å². The Morgan fingerprint density at radius 3 is 1.77 bits per heavy atom. The maximum atomic E-state index is 11.8. The van der Waals surface area contributed by atoms with Crippen LogP contribution in [-0.2, 0) is 23.3 Å². The van der Waals surface area contributed by atoms with E-state index < -0.39 is 20.0 Å². The van der Waals surface area contributed by atoms with Crippen LogP contribution in [-0.4, -0.2) is 62.3 Å². The van der Waals surface area contributed by atoms with Gasteiger partial charge in [0.2, 0.25) is 0 Å². The monoisotopic (exact) mass is 525 g/mol. The van der Waals surface area contributed by atoms with Crippen molar-refractivity contribution >= 4 is 13.9 Å². The van der Waals surface area contributed by atoms with E-state index in [2.05, 4.69) is 16.7 Å². The van der Waals surface area contributed by atoms with Crippen LogP contribution in [0.25, 0.3) is 0 Å². The molecular formula is C25H52NO8P. The Kier molecular flexibility index (Phi) is 24.5. The van der Waals surface area contributed by atoms with Gasteiger partial charge in [-0.05, 0) is 6.42 Å². The third kappa shape index (κ3) is 24.8. The van der Waals surface area contributed by atoms with Gasteiger partial charge in [0.1, 0.15) is 0 Å². The first-order valence-corrected chi connectivity index (χ1v) is 15.2. The summed E-state index contributed by atoms with van der Waals surface area (Å²) in [6, 6.07) is 0. The third-order valence-corrected chi connectivity index (χ3v) is 6.86. The smallest absolute Gasteiger partial charge is 0.438 e. The van der Waals surface area contributed by atoms with Crippen LogP contribution in [0.5, 0.6) is 0 Å². The van der Waals surface area contributed by atoms with Crippen LogP contribution in [0.2, 0.25) is 0 Å². The number of aliphatic hydroxyl groups excluding tert-OH is 1. The Labute approximate surface area is 213 Å². The molecule has 0 fully saturated rings. The zero-order valence-corrected chi connectivity index (χ0v) is 23.1. The normalized spacial score (nSPS) is 13.9. The highest BCUT2D eigenvalue weighted by atomic mass is 31.2. The lowest BCUT2D eigenvalue weighted by molar-refractivity contribution is -0.0286. The minimum absolute atomic E-state index is 0.0356. The van der Waals surface area contributed by atoms with E-state index in [-0.39, 0.29) is 26.4 Å². The second-order valence-corrected chi connectivity index (χ2v) is 10.6. The zero-order valence-electron chi connectivity index (χ0n) is 22.2. The van der Waals surface area contributed by atoms with E-state index in [0.29, 0.717) is 6.61 Å². The number of rotatable bonds is 26. The maximum Gasteiger partial charge on any atom is 0.508 e. The van der Waals surface area contributed by atoms with E-state index in [0.717, 1.165) is 12.8 Å². The molecule has 0 aromatic rings. The lowest BCUT2D eigenvalue weighted by atomic mass is 10.0. The Bertz CT molecular complexity index is 524. The van der Waals surface area contributed by atoms with Crippen molar-refractivity contribution in [3.63, 3.8) is 0 Å². The molecule has 2 atom stereocenters. The number of unbranched alkanes of at least 4 members (excludes halogenated alkanes) is 15. The van der Waals surface area contributed by atoms with Gasteiger partial charge in [-0.2, -0.15) is 0 Å². The highest BCUT2D eigenvalue weighted by Gasteiger charge is 2.23. The lowest BCUT2D eigenvalue weighted by Crippen LogP contribution is -2.29. The summed E-state index contributed by atoms with van der Waals surface area (Å²) in [4.78, 5) is 21.0. The Balaban J connectivity index is 3.66. The SMILES string of the molecule is CCCCCCCCCCCCCCCCCCOCC(COP(=O)(O)NCCO)OC(=O)OC. The summed E-state index contributed by atoms with van der Waals surface area (Å²) >= 11 is 0. The van der Waals surface area contributed by atoms with E-state index in [4.69, 9.17) is 19.1 Å². The summed E-state index contributed by atoms with van der Waals surface area (Å²) < 4.78 is 31.7. The molecule has 10 heteroatoms. The van der Waals surface area contributed by atoms with Crippen molar-refractivity contribution in [2.24, 2.45) is 0 Å². The average Bonchev–Trinajstić information content (AvgIpc) is 2.85. The highest BCUT2D eigenvalue weighted by Crippen LogP contribution is 2.36. The fourth-order valence-electron chi connectivity index (χ4n) is 3.69. The predicted molar refractivity (Wildman–Crippen MR) is 139 cm³/mol. The van der Waals surface area contributed by atoms with Crippen LogP contribution in [0.3, 0.4) is 0 Å². The number of methoxy groups -OCH3 is 1. The third-order valence-electron chi connectivity index (χ3n) is 5.73. The van der Waals surface area contributed by atoms with Gasteiger partial charge >= 0.3 is 13.9 Å². The van der Waals surface area contributed by atoms with Gasteiger partial charge in [-0.1, -0.05) is 103 Å². The van der Waals surface area contributed by atoms with Crippen molar-refractivity contribution in [2.45, 2.75) is 116 Å². The van der Waals surface area contributed by atoms with Gasteiger partial charge in [-0.3, -0.25) is 4.52 Å². The minimum atomic E-state index is -4.09. The molecule has 0 saturated heterocycles. The Morgan fingerprint density at radius 2 is 1.31 bits per heavy atom. The Hall–Kier alpha value is -0.700. The summed E-state index contributed by atoms with van der Waals surface area (Å²) in [6.07, 6.45) is 19.0. The van der Waals surface area contributed by atoms with Gasteiger partial charge in [0.25, 0.3) is 0 Å². The van der Waals surface area contributed by atoms with Gasteiger partial charge in [0.05, 0.1) is 26.9 Å². The second kappa shape index (κ2) is 25.0. The predicted octanol–water partition coefficient (Wildman–Crippen LogP) is 6.12. The molecule has 0 aromatic carbocycles. The Morgan fingerprint density at radius 1 is 0.829 bits per heavy atom. The molecular weight excluding hydrogens is 473 g/mol. The van der Waals surface area contributed by atoms with E-state index in [1.54, 1.807) is 0 Å². The van der Waals surface area contributed by atoms with Gasteiger partial charge < -0.3 is 24.2 Å². The number of ether oxygens (including phenoxy) is 3. The van der Waals surface area contributed by atoms with Crippen molar-refractivity contribution in [1.82, 2.24) is 5.09 Å². The second-order valence-electron chi connectivity index (χ2n) is 9.02. The van der Waals surface area contributed by atoms with Crippen molar-refractivity contribution in [2.75, 3.05) is 40.1 Å². The minimum Gasteiger partial charge on any atom is -0.438 e. The standard InChI is InChI=1S/C25H52NO8P/c1-3-4-5-6-7-8-9-10-11-12-13-14-15-16-17-18-21-32-22-24(34-25(28)31-2)23-33-35(29,30)26-19-20-27/h24,27H,3-23H2,1-2H3,(H2,26,29,30). The molecule has 35 heavy (non-hydrogen) atoms. The number of aliphatic hydroxyl groups is 1. The zero-order chi connectivity index (χ0) is 26.0. The molecule has 0 radical (unpaired) electrons. The van der Waals surface area contributed by atoms with Crippen molar-refractivity contribution in [3.05, 3.63) is 0 Å². The first kappa shape index (κ1) is 34.3. The van der Waals surface area contributed by atoms with Gasteiger partial charge in [-0.15, -0.1) is 0 Å². The fraction of sp³-hybridized carbons (Fsp3) is 0.960. The van der Waals surface area contributed by atoms with Crippen LogP contribution in [0.1, 0.15) is 110 Å². The summed E-state index contributed by atoms with van der Waals surface area (Å²) in [5, 5.41) is 10.9. The summed E-state index contributed by atoms with van der Waals surface area (Å²) in [5.41, 5.74) is 0. The van der Waals surface area contributed by atoms with Crippen LogP contribution in [0.4, 0.5) is 4.79 Å². The summed E-state index contributed by atoms with van der Waals surface area (Å²) in [7, 11) is -2.91. The van der Waals surface area contributed by atoms with Crippen LogP contribution in [0.15, 0.2) is 0 Å². The molecule has 0 rings (SSSR count). The lowest BCUT2D eigenvalue weighted by Gasteiger charge is -2.19. The van der Waals surface area contributed by atoms with Crippen molar-refractivity contribution in [1.29, 1.82) is 0 Å². The quantitative estimate of drug-likeness (QED) is 0.0696. The molecule has 0 aliphatic heterocycles. The summed E-state index contributed by atoms with van der Waals surface area (Å²) in [6.45, 7) is 2.08. The molecule has 210 valence electrons. The van der Waals surface area contributed by atoms with E-state index in [1.165, 1.54) is 97.0 Å². The first-order chi connectivity index (χ1) is 16.9. The largest absolute Gasteiger partial charge is 0.508 e. The first-order valence-electron chi connectivity index (χ1n) is 13.6. The molecule has 0 aliphatic rings. The molecule has 0 aromatic heterocycles. The van der Waals surface area contributed by atoms with Crippen LogP contribution < -0.4 is 5.09 Å². The molecule has 0 heterocycles. The molecule has 0 aliphatic carbocycles. The molecule has 2 unspecified atom stereocenters. The number of carbonyl (C=O) groups is 1. The molecule has 0 bridgehead atoms. The van der Waals surface area contributed by atoms with Gasteiger partial charge in [-0.25, -0.2) is 14.4 Å². The number of nitrogens with one attached hydrogen (secondary N) is 1. The summed E-state index contributed by atoms with van der Waals surface area (Å²) in [5.74, 6) is 0. The maximum absolute atomic E-state index is 11.8. The molecule has 0 spiro atoms. The number of hydrogen-bond donors (Lipinski definition) is 3. The molecule has 0 saturated carbocycles. The van der Waals surface area contributed by atoms with E-state index >= 15 is 0 Å². The molecule has 3 N–H and O–H groups in total. The number of hydrogen-bond acceptors (Lipinski definition) is 7. The van der Waals surface area contributed by atoms with E-state index in [9.17, 15) is 14.3 Å². The highest BCUT2D eigenvalue weighted by molar-refractivity contribution is 7.50. The van der Waals surface area contributed by atoms with E-state index in [1.807, 2.05) is 0 Å². The number of carbonyl (C=O) groups excluding carboxylic acids is 1. The van der Waals surface area contributed by atoms with Crippen LogP contribution >= 0.6 is 7.75 Å². The fourth-order valence-corrected chi connectivity index (χ4v) is 4.53. The molecule has 9 nitrogen and oxygen atoms in total. The topological polar surface area (TPSA) is 124 Å². The average molecular weight is 526 g/mol. The van der Waals surface area contributed by atoms with Gasteiger partial charge in [0, 0.05) is 13.2 Å².